The van der Waals surface area contributed by atoms with Crippen LogP contribution in [-0.2, 0) is 35.5 Å². The van der Waals surface area contributed by atoms with Crippen molar-refractivity contribution in [3.63, 3.8) is 0 Å². The van der Waals surface area contributed by atoms with Crippen LogP contribution in [0.2, 0.25) is 0 Å². The maximum Gasteiger partial charge on any atom is 0.259 e. The molecule has 1 fully saturated rings. The summed E-state index contributed by atoms with van der Waals surface area (Å²) in [6.07, 6.45) is 2.97. The first-order valence-corrected chi connectivity index (χ1v) is 25.2. The second kappa shape index (κ2) is 24.7. The number of aromatic nitrogens is 4. The number of ether oxygens (including phenoxy) is 4. The van der Waals surface area contributed by atoms with E-state index in [1.807, 2.05) is 95.6 Å². The minimum Gasteiger partial charge on any atom is -0.497 e. The van der Waals surface area contributed by atoms with Crippen molar-refractivity contribution in [3.05, 3.63) is 144 Å². The largest absolute Gasteiger partial charge is 0.497 e. The number of nitrogens with zero attached hydrogens (tertiary/aromatic N) is 6. The number of benzene rings is 4. The molecule has 6 aromatic rings. The summed E-state index contributed by atoms with van der Waals surface area (Å²) in [5.74, 6) is 1.70. The van der Waals surface area contributed by atoms with E-state index in [9.17, 15) is 14.9 Å². The third-order valence-electron chi connectivity index (χ3n) is 12.3. The van der Waals surface area contributed by atoms with Gasteiger partial charge in [0.05, 0.1) is 52.4 Å². The number of rotatable bonds is 24. The lowest BCUT2D eigenvalue weighted by molar-refractivity contribution is -0.121. The van der Waals surface area contributed by atoms with Gasteiger partial charge in [-0.05, 0) is 98.7 Å². The van der Waals surface area contributed by atoms with Crippen molar-refractivity contribution in [1.29, 1.82) is 5.26 Å². The van der Waals surface area contributed by atoms with Gasteiger partial charge in [0.15, 0.2) is 17.0 Å². The van der Waals surface area contributed by atoms with Gasteiger partial charge in [-0.25, -0.2) is 19.6 Å². The number of hydrogen-bond donors (Lipinski definition) is 2. The number of imidazole rings is 1. The highest BCUT2D eigenvalue weighted by molar-refractivity contribution is 7.44. The van der Waals surface area contributed by atoms with E-state index in [1.165, 1.54) is 6.33 Å². The molecule has 2 N–H and O–H groups in total. The van der Waals surface area contributed by atoms with Crippen LogP contribution in [0.25, 0.3) is 11.2 Å². The van der Waals surface area contributed by atoms with Crippen LogP contribution < -0.4 is 20.1 Å². The number of amides is 2. The van der Waals surface area contributed by atoms with E-state index in [0.29, 0.717) is 53.5 Å². The van der Waals surface area contributed by atoms with E-state index in [1.54, 1.807) is 32.7 Å². The molecule has 1 unspecified atom stereocenters. The van der Waals surface area contributed by atoms with Gasteiger partial charge in [0.25, 0.3) is 14.4 Å². The van der Waals surface area contributed by atoms with Crippen LogP contribution in [-0.4, -0.2) is 87.7 Å². The zero-order chi connectivity index (χ0) is 50.5. The van der Waals surface area contributed by atoms with Crippen LogP contribution in [0.1, 0.15) is 106 Å². The molecule has 1 aliphatic heterocycles. The van der Waals surface area contributed by atoms with E-state index in [2.05, 4.69) is 72.9 Å². The van der Waals surface area contributed by atoms with Crippen molar-refractivity contribution in [1.82, 2.24) is 29.5 Å². The molecule has 3 heterocycles. The second-order valence-electron chi connectivity index (χ2n) is 18.3. The maximum absolute atomic E-state index is 13.6. The number of hydrogen-bond acceptors (Lipinski definition) is 13. The molecule has 0 aliphatic carbocycles. The molecule has 374 valence electrons. The molecule has 0 saturated carbocycles. The third kappa shape index (κ3) is 12.8. The molecule has 17 heteroatoms. The SMILES string of the molecule is COc1ccc(C(OC[C@H]2O[C@@H](n3cnc4c(NC(=O)c5ccc(CNC(=O)CCC(C)C)cc5)ncnc43)C[C@H]2OP(OCCC#N)N(C(C)C)C(C)C)(c2ccccc2)c2ccc(OC)cc2)cc1. The highest BCUT2D eigenvalue weighted by atomic mass is 31.2. The Kier molecular flexibility index (Phi) is 18.3. The standard InChI is InChI=1S/C54H65N8O8P/c1-36(2)15-28-48(63)56-32-39-16-18-40(19-17-39)53(64)60-51-50-52(58-34-57-51)61(35-59-50)49-31-46(70-71(68-30-12-29-55)62(37(3)4)38(5)6)47(69-49)33-67-54(41-13-10-9-11-14-41,42-20-24-44(65-7)25-21-42)43-22-26-45(66-8)27-23-43/h9-11,13-14,16-27,34-38,46-47,49H,12,15,28,30-33H2,1-8H3,(H,56,63)(H,57,58,60,64)/t46-,47-,49-,71?/m1/s1. The number of anilines is 1. The minimum atomic E-state index is -1.69. The summed E-state index contributed by atoms with van der Waals surface area (Å²) >= 11 is 0. The molecule has 0 radical (unpaired) electrons. The fourth-order valence-electron chi connectivity index (χ4n) is 8.64. The van der Waals surface area contributed by atoms with Crippen molar-refractivity contribution < 1.29 is 37.6 Å². The van der Waals surface area contributed by atoms with E-state index in [0.717, 1.165) is 28.7 Å². The minimum absolute atomic E-state index is 0.00263. The van der Waals surface area contributed by atoms with Crippen LogP contribution in [0, 0.1) is 17.2 Å². The van der Waals surface area contributed by atoms with Gasteiger partial charge >= 0.3 is 0 Å². The Hall–Kier alpha value is -6.31. The van der Waals surface area contributed by atoms with Gasteiger partial charge in [-0.2, -0.15) is 5.26 Å². The Morgan fingerprint density at radius 1 is 0.859 bits per heavy atom. The molecule has 2 aromatic heterocycles. The average molecular weight is 985 g/mol. The Morgan fingerprint density at radius 2 is 1.49 bits per heavy atom. The number of nitrogens with one attached hydrogen (secondary N) is 2. The van der Waals surface area contributed by atoms with E-state index in [4.69, 9.17) is 33.0 Å². The molecule has 16 nitrogen and oxygen atoms in total. The van der Waals surface area contributed by atoms with Crippen molar-refractivity contribution in [2.24, 2.45) is 5.92 Å². The predicted octanol–water partition coefficient (Wildman–Crippen LogP) is 10.1. The molecule has 0 spiro atoms. The summed E-state index contributed by atoms with van der Waals surface area (Å²) in [5.41, 5.74) is 3.56. The van der Waals surface area contributed by atoms with Crippen molar-refractivity contribution in [3.8, 4) is 17.6 Å². The molecule has 2 amide bonds. The average Bonchev–Trinajstić information content (AvgIpc) is 4.00. The van der Waals surface area contributed by atoms with Crippen molar-refractivity contribution >= 4 is 37.3 Å². The second-order valence-corrected chi connectivity index (χ2v) is 19.7. The summed E-state index contributed by atoms with van der Waals surface area (Å²) in [4.78, 5) is 39.7. The number of methoxy groups -OCH3 is 2. The first kappa shape index (κ1) is 52.5. The molecule has 4 aromatic carbocycles. The third-order valence-corrected chi connectivity index (χ3v) is 14.4. The fourth-order valence-corrected chi connectivity index (χ4v) is 10.4. The van der Waals surface area contributed by atoms with Crippen LogP contribution >= 0.6 is 8.53 Å². The van der Waals surface area contributed by atoms with Gasteiger partial charge in [-0.1, -0.05) is 80.6 Å². The van der Waals surface area contributed by atoms with Gasteiger partial charge in [0.2, 0.25) is 5.91 Å². The zero-order valence-corrected chi connectivity index (χ0v) is 42.7. The monoisotopic (exact) mass is 984 g/mol. The smallest absolute Gasteiger partial charge is 0.259 e. The van der Waals surface area contributed by atoms with Gasteiger partial charge in [-0.3, -0.25) is 14.2 Å². The van der Waals surface area contributed by atoms with Crippen LogP contribution in [0.15, 0.2) is 116 Å². The Balaban J connectivity index is 1.20. The van der Waals surface area contributed by atoms with Gasteiger partial charge < -0.3 is 38.6 Å². The van der Waals surface area contributed by atoms with Gasteiger partial charge in [0.1, 0.15) is 35.8 Å². The Bertz CT molecular complexity index is 2640. The summed E-state index contributed by atoms with van der Waals surface area (Å²) in [7, 11) is 1.58. The molecule has 1 aliphatic rings. The topological polar surface area (TPSA) is 184 Å². The lowest BCUT2D eigenvalue weighted by atomic mass is 9.80. The summed E-state index contributed by atoms with van der Waals surface area (Å²) < 4.78 is 43.1. The molecule has 0 bridgehead atoms. The van der Waals surface area contributed by atoms with Gasteiger partial charge in [-0.15, -0.1) is 0 Å². The van der Waals surface area contributed by atoms with Crippen LogP contribution in [0.4, 0.5) is 5.82 Å². The predicted molar refractivity (Wildman–Crippen MR) is 273 cm³/mol. The lowest BCUT2D eigenvalue weighted by Crippen LogP contribution is -2.39. The van der Waals surface area contributed by atoms with Crippen LogP contribution in [0.5, 0.6) is 11.5 Å². The normalized spacial score (nSPS) is 16.4. The maximum atomic E-state index is 13.6. The van der Waals surface area contributed by atoms with E-state index < -0.39 is 32.6 Å². The summed E-state index contributed by atoms with van der Waals surface area (Å²) in [6, 6.07) is 35.1. The zero-order valence-electron chi connectivity index (χ0n) is 41.8. The van der Waals surface area contributed by atoms with Gasteiger partial charge in [0, 0.05) is 37.0 Å². The summed E-state index contributed by atoms with van der Waals surface area (Å²) in [5, 5.41) is 15.4. The highest BCUT2D eigenvalue weighted by Crippen LogP contribution is 2.51. The highest BCUT2D eigenvalue weighted by Gasteiger charge is 2.45. The number of nitriles is 1. The Labute approximate surface area is 418 Å². The first-order chi connectivity index (χ1) is 34.3. The molecule has 71 heavy (non-hydrogen) atoms. The van der Waals surface area contributed by atoms with Crippen LogP contribution in [0.3, 0.4) is 0 Å². The molecule has 7 rings (SSSR count). The number of carbonyl (C=O) groups excluding carboxylic acids is 2. The van der Waals surface area contributed by atoms with Crippen molar-refractivity contribution in [2.75, 3.05) is 32.8 Å². The fraction of sp³-hybridized carbons (Fsp3) is 0.407. The van der Waals surface area contributed by atoms with E-state index >= 15 is 0 Å². The Morgan fingerprint density at radius 3 is 2.08 bits per heavy atom. The first-order valence-electron chi connectivity index (χ1n) is 24.1. The van der Waals surface area contributed by atoms with Crippen molar-refractivity contribution in [2.45, 2.75) is 110 Å². The molecular formula is C54H65N8O8P. The molecular weight excluding hydrogens is 920 g/mol. The number of fused-ring (bicyclic) bond motifs is 1. The lowest BCUT2D eigenvalue weighted by Gasteiger charge is -2.39. The molecule has 4 atom stereocenters. The number of carbonyl (C=O) groups is 2. The summed E-state index contributed by atoms with van der Waals surface area (Å²) in [6.45, 7) is 13.2. The molecule has 1 saturated heterocycles. The quantitative estimate of drug-likeness (QED) is 0.0332. The van der Waals surface area contributed by atoms with E-state index in [-0.39, 0.29) is 49.4 Å².